The fourth-order valence-electron chi connectivity index (χ4n) is 4.51. The topological polar surface area (TPSA) is 60.5 Å². The van der Waals surface area contributed by atoms with Crippen molar-refractivity contribution in [3.05, 3.63) is 89.5 Å². The maximum atomic E-state index is 13.4. The lowest BCUT2D eigenvalue weighted by molar-refractivity contribution is 0.0938. The predicted molar refractivity (Wildman–Crippen MR) is 118 cm³/mol. The van der Waals surface area contributed by atoms with E-state index in [1.165, 1.54) is 11.1 Å². The summed E-state index contributed by atoms with van der Waals surface area (Å²) in [5.41, 5.74) is 5.56. The quantitative estimate of drug-likeness (QED) is 0.515. The number of para-hydroxylation sites is 1. The van der Waals surface area contributed by atoms with Gasteiger partial charge in [0.05, 0.1) is 22.8 Å². The van der Waals surface area contributed by atoms with E-state index in [2.05, 4.69) is 23.5 Å². The van der Waals surface area contributed by atoms with Crippen LogP contribution >= 0.6 is 0 Å². The lowest BCUT2D eigenvalue weighted by Crippen LogP contribution is -2.27. The van der Waals surface area contributed by atoms with Crippen molar-refractivity contribution < 1.29 is 14.3 Å². The Bertz CT molecular complexity index is 1330. The zero-order valence-corrected chi connectivity index (χ0v) is 16.8. The summed E-state index contributed by atoms with van der Waals surface area (Å²) in [6.07, 6.45) is 1.91. The summed E-state index contributed by atoms with van der Waals surface area (Å²) in [6.45, 7) is 0.223. The second-order valence-electron chi connectivity index (χ2n) is 7.90. The number of hydrogen-bond donors (Lipinski definition) is 1. The summed E-state index contributed by atoms with van der Waals surface area (Å²) >= 11 is 0. The van der Waals surface area contributed by atoms with E-state index in [0.717, 1.165) is 40.8 Å². The molecule has 0 radical (unpaired) electrons. The van der Waals surface area contributed by atoms with Crippen molar-refractivity contribution in [2.45, 2.75) is 18.9 Å². The molecule has 5 heteroatoms. The second-order valence-corrected chi connectivity index (χ2v) is 7.90. The Hall–Kier alpha value is -3.86. The molecule has 2 aliphatic rings. The van der Waals surface area contributed by atoms with E-state index in [9.17, 15) is 4.79 Å². The molecule has 0 saturated carbocycles. The van der Waals surface area contributed by atoms with Gasteiger partial charge in [0.1, 0.15) is 0 Å². The third-order valence-electron chi connectivity index (χ3n) is 6.07. The molecule has 1 N–H and O–H groups in total. The van der Waals surface area contributed by atoms with E-state index in [1.807, 2.05) is 54.6 Å². The molecule has 0 fully saturated rings. The van der Waals surface area contributed by atoms with E-state index in [0.29, 0.717) is 11.3 Å². The van der Waals surface area contributed by atoms with Crippen LogP contribution in [0.25, 0.3) is 22.2 Å². The molecule has 1 unspecified atom stereocenters. The molecule has 1 amide bonds. The fraction of sp³-hybridized carbons (Fsp3) is 0.154. The fourth-order valence-corrected chi connectivity index (χ4v) is 4.51. The number of pyridine rings is 1. The van der Waals surface area contributed by atoms with Crippen LogP contribution in [0, 0.1) is 0 Å². The van der Waals surface area contributed by atoms with E-state index in [1.54, 1.807) is 0 Å². The van der Waals surface area contributed by atoms with Gasteiger partial charge < -0.3 is 14.8 Å². The number of aryl methyl sites for hydroxylation is 1. The molecule has 1 aliphatic carbocycles. The zero-order chi connectivity index (χ0) is 20.8. The smallest absolute Gasteiger partial charge is 0.252 e. The molecule has 3 aromatic carbocycles. The number of benzene rings is 3. The summed E-state index contributed by atoms with van der Waals surface area (Å²) < 4.78 is 10.9. The van der Waals surface area contributed by atoms with E-state index < -0.39 is 0 Å². The summed E-state index contributed by atoms with van der Waals surface area (Å²) in [5, 5.41) is 4.10. The Morgan fingerprint density at radius 3 is 2.74 bits per heavy atom. The molecule has 31 heavy (non-hydrogen) atoms. The van der Waals surface area contributed by atoms with Crippen LogP contribution < -0.4 is 14.8 Å². The third kappa shape index (κ3) is 3.10. The number of rotatable bonds is 3. The second kappa shape index (κ2) is 7.13. The third-order valence-corrected chi connectivity index (χ3v) is 6.07. The van der Waals surface area contributed by atoms with Gasteiger partial charge in [0, 0.05) is 10.9 Å². The molecule has 5 nitrogen and oxygen atoms in total. The molecule has 1 atom stereocenters. The van der Waals surface area contributed by atoms with Gasteiger partial charge in [-0.05, 0) is 54.3 Å². The Labute approximate surface area is 179 Å². The average Bonchev–Trinajstić information content (AvgIpc) is 3.45. The number of ether oxygens (including phenoxy) is 2. The van der Waals surface area contributed by atoms with E-state index >= 15 is 0 Å². The molecule has 1 aromatic heterocycles. The number of nitrogens with one attached hydrogen (secondary N) is 1. The maximum Gasteiger partial charge on any atom is 0.252 e. The number of aromatic nitrogens is 1. The van der Waals surface area contributed by atoms with Crippen molar-refractivity contribution in [1.82, 2.24) is 10.3 Å². The molecular weight excluding hydrogens is 388 g/mol. The summed E-state index contributed by atoms with van der Waals surface area (Å²) in [6, 6.07) is 23.7. The molecule has 4 aromatic rings. The highest BCUT2D eigenvalue weighted by molar-refractivity contribution is 6.07. The average molecular weight is 408 g/mol. The van der Waals surface area contributed by atoms with Gasteiger partial charge in [-0.2, -0.15) is 0 Å². The number of hydrogen-bond acceptors (Lipinski definition) is 4. The molecule has 0 bridgehead atoms. The van der Waals surface area contributed by atoms with Crippen LogP contribution in [0.2, 0.25) is 0 Å². The van der Waals surface area contributed by atoms with Crippen molar-refractivity contribution >= 4 is 16.8 Å². The van der Waals surface area contributed by atoms with Gasteiger partial charge in [0.2, 0.25) is 6.79 Å². The van der Waals surface area contributed by atoms with Crippen molar-refractivity contribution in [2.75, 3.05) is 6.79 Å². The predicted octanol–water partition coefficient (Wildman–Crippen LogP) is 5.05. The van der Waals surface area contributed by atoms with E-state index in [-0.39, 0.29) is 18.7 Å². The van der Waals surface area contributed by atoms with Crippen molar-refractivity contribution in [2.24, 2.45) is 0 Å². The Morgan fingerprint density at radius 1 is 0.935 bits per heavy atom. The van der Waals surface area contributed by atoms with Crippen LogP contribution in [-0.4, -0.2) is 17.7 Å². The highest BCUT2D eigenvalue weighted by Crippen LogP contribution is 2.36. The number of amides is 1. The van der Waals surface area contributed by atoms with Gasteiger partial charge in [-0.1, -0.05) is 42.5 Å². The Kier molecular flexibility index (Phi) is 4.13. The Balaban J connectivity index is 1.40. The first-order valence-corrected chi connectivity index (χ1v) is 10.4. The molecule has 6 rings (SSSR count). The lowest BCUT2D eigenvalue weighted by atomic mass is 10.0. The highest BCUT2D eigenvalue weighted by atomic mass is 16.7. The highest BCUT2D eigenvalue weighted by Gasteiger charge is 2.25. The molecule has 0 saturated heterocycles. The van der Waals surface area contributed by atoms with Crippen molar-refractivity contribution in [3.8, 4) is 22.8 Å². The minimum Gasteiger partial charge on any atom is -0.454 e. The zero-order valence-electron chi connectivity index (χ0n) is 16.8. The minimum atomic E-state index is -0.0812. The van der Waals surface area contributed by atoms with Crippen LogP contribution in [0.4, 0.5) is 0 Å². The van der Waals surface area contributed by atoms with Gasteiger partial charge in [-0.3, -0.25) is 4.79 Å². The number of fused-ring (bicyclic) bond motifs is 3. The normalized spacial score (nSPS) is 16.3. The first-order chi connectivity index (χ1) is 15.3. The molecule has 0 spiro atoms. The van der Waals surface area contributed by atoms with Gasteiger partial charge in [0.25, 0.3) is 5.91 Å². The summed E-state index contributed by atoms with van der Waals surface area (Å²) in [7, 11) is 0. The van der Waals surface area contributed by atoms with Crippen LogP contribution in [0.5, 0.6) is 11.5 Å². The Morgan fingerprint density at radius 2 is 1.77 bits per heavy atom. The van der Waals surface area contributed by atoms with E-state index in [4.69, 9.17) is 14.5 Å². The van der Waals surface area contributed by atoms with Crippen molar-refractivity contribution in [1.29, 1.82) is 0 Å². The number of carbonyl (C=O) groups is 1. The van der Waals surface area contributed by atoms with Gasteiger partial charge >= 0.3 is 0 Å². The number of carbonyl (C=O) groups excluding carboxylic acids is 1. The van der Waals surface area contributed by atoms with Gasteiger partial charge in [0.15, 0.2) is 11.5 Å². The lowest BCUT2D eigenvalue weighted by Gasteiger charge is -2.16. The summed E-state index contributed by atoms with van der Waals surface area (Å²) in [5.74, 6) is 1.34. The molecule has 2 heterocycles. The van der Waals surface area contributed by atoms with Crippen LogP contribution in [0.3, 0.4) is 0 Å². The van der Waals surface area contributed by atoms with Crippen LogP contribution in [-0.2, 0) is 6.42 Å². The SMILES string of the molecule is O=C(NC1CCc2ccccc21)c1cc(-c2ccc3c(c2)OCO3)nc2ccccc12. The van der Waals surface area contributed by atoms with Crippen molar-refractivity contribution in [3.63, 3.8) is 0 Å². The van der Waals surface area contributed by atoms with Crippen LogP contribution in [0.1, 0.15) is 33.9 Å². The monoisotopic (exact) mass is 408 g/mol. The first kappa shape index (κ1) is 18.0. The number of nitrogens with zero attached hydrogens (tertiary/aromatic N) is 1. The summed E-state index contributed by atoms with van der Waals surface area (Å²) in [4.78, 5) is 18.2. The molecule has 1 aliphatic heterocycles. The van der Waals surface area contributed by atoms with Gasteiger partial charge in [-0.25, -0.2) is 4.98 Å². The standard InChI is InChI=1S/C26H20N2O3/c29-26(28-22-11-9-16-5-1-2-6-18(16)22)20-14-23(27-21-8-4-3-7-19(20)21)17-10-12-24-25(13-17)31-15-30-24/h1-8,10,12-14,22H,9,11,15H2,(H,28,29). The van der Waals surface area contributed by atoms with Gasteiger partial charge in [-0.15, -0.1) is 0 Å². The first-order valence-electron chi connectivity index (χ1n) is 10.4. The minimum absolute atomic E-state index is 0.0321. The largest absolute Gasteiger partial charge is 0.454 e. The molecular formula is C26H20N2O3. The van der Waals surface area contributed by atoms with Crippen LogP contribution in [0.15, 0.2) is 72.8 Å². The molecule has 152 valence electrons. The maximum absolute atomic E-state index is 13.4.